The van der Waals surface area contributed by atoms with E-state index in [9.17, 15) is 9.59 Å². The van der Waals surface area contributed by atoms with E-state index in [4.69, 9.17) is 11.6 Å². The van der Waals surface area contributed by atoms with E-state index < -0.39 is 0 Å². The zero-order valence-corrected chi connectivity index (χ0v) is 11.3. The van der Waals surface area contributed by atoms with Gasteiger partial charge in [-0.2, -0.15) is 0 Å². The van der Waals surface area contributed by atoms with E-state index in [0.29, 0.717) is 22.8 Å². The Bertz CT molecular complexity index is 865. The number of nitrogens with zero attached hydrogens (tertiary/aromatic N) is 3. The molecule has 0 aliphatic rings. The normalized spacial score (nSPS) is 10.9. The summed E-state index contributed by atoms with van der Waals surface area (Å²) >= 11 is 6.28. The van der Waals surface area contributed by atoms with E-state index in [1.807, 2.05) is 30.3 Å². The van der Waals surface area contributed by atoms with E-state index in [1.54, 1.807) is 6.92 Å². The lowest BCUT2D eigenvalue weighted by molar-refractivity contribution is 0.111. The highest BCUT2D eigenvalue weighted by Crippen LogP contribution is 2.19. The predicted molar refractivity (Wildman–Crippen MR) is 75.9 cm³/mol. The second-order valence-corrected chi connectivity index (χ2v) is 4.67. The fraction of sp³-hybridized carbons (Fsp3) is 0.0714. The molecule has 100 valence electrons. The van der Waals surface area contributed by atoms with Crippen molar-refractivity contribution in [3.05, 3.63) is 63.4 Å². The molecule has 0 aliphatic heterocycles. The number of rotatable bonds is 2. The second-order valence-electron chi connectivity index (χ2n) is 4.31. The highest BCUT2D eigenvalue weighted by molar-refractivity contribution is 6.30. The highest BCUT2D eigenvalue weighted by Gasteiger charge is 2.17. The Labute approximate surface area is 119 Å². The molecular formula is C14H10ClN3O2. The van der Waals surface area contributed by atoms with E-state index in [0.717, 1.165) is 0 Å². The summed E-state index contributed by atoms with van der Waals surface area (Å²) in [6, 6.07) is 9.16. The first-order valence-corrected chi connectivity index (χ1v) is 6.32. The molecule has 3 aromatic rings. The van der Waals surface area contributed by atoms with Crippen molar-refractivity contribution in [2.45, 2.75) is 6.92 Å². The molecule has 0 bridgehead atoms. The number of carbonyl (C=O) groups is 1. The Balaban J connectivity index is 2.47. The lowest BCUT2D eigenvalue weighted by Crippen LogP contribution is -2.24. The van der Waals surface area contributed by atoms with Gasteiger partial charge in [-0.05, 0) is 19.1 Å². The van der Waals surface area contributed by atoms with Crippen LogP contribution in [0.5, 0.6) is 0 Å². The lowest BCUT2D eigenvalue weighted by Gasteiger charge is -2.13. The zero-order valence-electron chi connectivity index (χ0n) is 10.6. The molecular weight excluding hydrogens is 278 g/mol. The third-order valence-electron chi connectivity index (χ3n) is 3.15. The molecule has 2 heterocycles. The van der Waals surface area contributed by atoms with Crippen LogP contribution >= 0.6 is 11.6 Å². The van der Waals surface area contributed by atoms with Gasteiger partial charge in [0.05, 0.1) is 11.9 Å². The van der Waals surface area contributed by atoms with Gasteiger partial charge in [0.15, 0.2) is 6.29 Å². The number of aldehydes is 1. The van der Waals surface area contributed by atoms with Crippen LogP contribution in [0.15, 0.2) is 41.3 Å². The van der Waals surface area contributed by atoms with Crippen molar-refractivity contribution in [1.82, 2.24) is 14.0 Å². The van der Waals surface area contributed by atoms with Gasteiger partial charge in [0.2, 0.25) is 5.65 Å². The maximum absolute atomic E-state index is 12.5. The average molecular weight is 288 g/mol. The fourth-order valence-corrected chi connectivity index (χ4v) is 2.46. The van der Waals surface area contributed by atoms with Gasteiger partial charge in [-0.1, -0.05) is 29.8 Å². The first kappa shape index (κ1) is 12.6. The van der Waals surface area contributed by atoms with Gasteiger partial charge >= 0.3 is 0 Å². The minimum absolute atomic E-state index is 0.131. The minimum Gasteiger partial charge on any atom is -0.296 e. The van der Waals surface area contributed by atoms with Crippen LogP contribution in [-0.4, -0.2) is 20.2 Å². The summed E-state index contributed by atoms with van der Waals surface area (Å²) in [7, 11) is 0. The number of halogens is 1. The number of aromatic nitrogens is 3. The van der Waals surface area contributed by atoms with Crippen molar-refractivity contribution in [3.63, 3.8) is 0 Å². The fourth-order valence-electron chi connectivity index (χ4n) is 2.20. The molecule has 0 atom stereocenters. The predicted octanol–water partition coefficient (Wildman–Crippen LogP) is 2.26. The Hall–Kier alpha value is -2.40. The number of hydrogen-bond donors (Lipinski definition) is 0. The van der Waals surface area contributed by atoms with Gasteiger partial charge in [0, 0.05) is 5.69 Å². The van der Waals surface area contributed by atoms with Crippen LogP contribution in [0.2, 0.25) is 5.15 Å². The maximum Gasteiger partial charge on any atom is 0.299 e. The van der Waals surface area contributed by atoms with Crippen molar-refractivity contribution in [2.75, 3.05) is 0 Å². The van der Waals surface area contributed by atoms with Gasteiger partial charge in [0.1, 0.15) is 10.8 Å². The Morgan fingerprint density at radius 1 is 1.25 bits per heavy atom. The minimum atomic E-state index is -0.314. The van der Waals surface area contributed by atoms with Crippen LogP contribution in [0.1, 0.15) is 16.2 Å². The second kappa shape index (κ2) is 4.61. The average Bonchev–Trinajstić information content (AvgIpc) is 2.90. The number of hydrogen-bond acceptors (Lipinski definition) is 3. The van der Waals surface area contributed by atoms with E-state index in [-0.39, 0.29) is 16.9 Å². The summed E-state index contributed by atoms with van der Waals surface area (Å²) in [6.07, 6.45) is 1.96. The lowest BCUT2D eigenvalue weighted by atomic mass is 10.3. The summed E-state index contributed by atoms with van der Waals surface area (Å²) in [5.74, 6) is 0. The monoisotopic (exact) mass is 287 g/mol. The van der Waals surface area contributed by atoms with Crippen LogP contribution in [0, 0.1) is 6.92 Å². The Morgan fingerprint density at radius 2 is 1.95 bits per heavy atom. The van der Waals surface area contributed by atoms with Crippen molar-refractivity contribution < 1.29 is 4.79 Å². The number of fused-ring (bicyclic) bond motifs is 1. The SMILES string of the molecule is Cc1c(Cl)n2c(C=O)cnc2c(=O)n1-c1ccccc1. The molecule has 0 aliphatic carbocycles. The molecule has 3 rings (SSSR count). The number of benzene rings is 1. The summed E-state index contributed by atoms with van der Waals surface area (Å²) in [5, 5.41) is 0.294. The number of carbonyl (C=O) groups excluding carboxylic acids is 1. The molecule has 0 saturated carbocycles. The van der Waals surface area contributed by atoms with E-state index >= 15 is 0 Å². The van der Waals surface area contributed by atoms with Gasteiger partial charge in [-0.25, -0.2) is 4.98 Å². The molecule has 0 N–H and O–H groups in total. The molecule has 2 aromatic heterocycles. The van der Waals surface area contributed by atoms with Crippen LogP contribution in [0.4, 0.5) is 0 Å². The summed E-state index contributed by atoms with van der Waals surface area (Å²) in [6.45, 7) is 1.73. The molecule has 0 unspecified atom stereocenters. The molecule has 5 nitrogen and oxygen atoms in total. The largest absolute Gasteiger partial charge is 0.299 e. The van der Waals surface area contributed by atoms with Crippen LogP contribution in [0.25, 0.3) is 11.3 Å². The molecule has 1 aromatic carbocycles. The molecule has 20 heavy (non-hydrogen) atoms. The molecule has 0 amide bonds. The van der Waals surface area contributed by atoms with Crippen molar-refractivity contribution >= 4 is 23.5 Å². The van der Waals surface area contributed by atoms with Gasteiger partial charge in [-0.15, -0.1) is 0 Å². The Morgan fingerprint density at radius 3 is 2.60 bits per heavy atom. The smallest absolute Gasteiger partial charge is 0.296 e. The van der Waals surface area contributed by atoms with Gasteiger partial charge in [0.25, 0.3) is 5.56 Å². The number of para-hydroxylation sites is 1. The summed E-state index contributed by atoms with van der Waals surface area (Å²) < 4.78 is 2.85. The molecule has 6 heteroatoms. The third-order valence-corrected chi connectivity index (χ3v) is 3.59. The van der Waals surface area contributed by atoms with Crippen LogP contribution in [-0.2, 0) is 0 Å². The van der Waals surface area contributed by atoms with Crippen LogP contribution in [0.3, 0.4) is 0 Å². The third kappa shape index (κ3) is 1.67. The highest BCUT2D eigenvalue weighted by atomic mass is 35.5. The molecule has 0 radical (unpaired) electrons. The van der Waals surface area contributed by atoms with E-state index in [1.165, 1.54) is 15.2 Å². The number of imidazole rings is 1. The molecule has 0 fully saturated rings. The summed E-state index contributed by atoms with van der Waals surface area (Å²) in [5.41, 5.74) is 1.33. The van der Waals surface area contributed by atoms with Crippen LogP contribution < -0.4 is 5.56 Å². The first-order chi connectivity index (χ1) is 9.65. The zero-order chi connectivity index (χ0) is 14.3. The Kier molecular flexibility index (Phi) is 2.91. The maximum atomic E-state index is 12.5. The standard InChI is InChI=1S/C14H10ClN3O2/c1-9-12(15)18-11(8-19)7-16-13(18)14(20)17(9)10-5-3-2-4-6-10/h2-8H,1H3. The molecule has 0 spiro atoms. The first-order valence-electron chi connectivity index (χ1n) is 5.94. The van der Waals surface area contributed by atoms with Crippen molar-refractivity contribution in [3.8, 4) is 5.69 Å². The molecule has 0 saturated heterocycles. The van der Waals surface area contributed by atoms with E-state index in [2.05, 4.69) is 4.98 Å². The van der Waals surface area contributed by atoms with Gasteiger partial charge in [-0.3, -0.25) is 18.6 Å². The van der Waals surface area contributed by atoms with Crippen molar-refractivity contribution in [1.29, 1.82) is 0 Å². The quantitative estimate of drug-likeness (QED) is 0.679. The van der Waals surface area contributed by atoms with Gasteiger partial charge < -0.3 is 0 Å². The van der Waals surface area contributed by atoms with Crippen molar-refractivity contribution in [2.24, 2.45) is 0 Å². The topological polar surface area (TPSA) is 56.4 Å². The summed E-state index contributed by atoms with van der Waals surface area (Å²) in [4.78, 5) is 27.5.